The Morgan fingerprint density at radius 1 is 1.25 bits per heavy atom. The SMILES string of the molecule is O=C(Nc1cccc(F)c1)NC1CCCCC1C(=O)O. The van der Waals surface area contributed by atoms with E-state index in [4.69, 9.17) is 5.11 Å². The third-order valence-electron chi connectivity index (χ3n) is 3.48. The van der Waals surface area contributed by atoms with Crippen molar-refractivity contribution in [2.45, 2.75) is 31.7 Å². The van der Waals surface area contributed by atoms with E-state index in [1.807, 2.05) is 0 Å². The maximum absolute atomic E-state index is 13.0. The summed E-state index contributed by atoms with van der Waals surface area (Å²) in [4.78, 5) is 23.0. The second-order valence-electron chi connectivity index (χ2n) is 4.94. The van der Waals surface area contributed by atoms with E-state index in [9.17, 15) is 14.0 Å². The number of aliphatic carboxylic acids is 1. The normalized spacial score (nSPS) is 22.1. The summed E-state index contributed by atoms with van der Waals surface area (Å²) < 4.78 is 13.0. The van der Waals surface area contributed by atoms with Crippen LogP contribution in [0.3, 0.4) is 0 Å². The summed E-state index contributed by atoms with van der Waals surface area (Å²) in [7, 11) is 0. The number of carbonyl (C=O) groups excluding carboxylic acids is 1. The van der Waals surface area contributed by atoms with Gasteiger partial charge in [0.2, 0.25) is 0 Å². The predicted octanol–water partition coefficient (Wildman–Crippen LogP) is 2.59. The van der Waals surface area contributed by atoms with Gasteiger partial charge in [0.05, 0.1) is 5.92 Å². The fourth-order valence-corrected chi connectivity index (χ4v) is 2.50. The van der Waals surface area contributed by atoms with Crippen molar-refractivity contribution < 1.29 is 19.1 Å². The van der Waals surface area contributed by atoms with Crippen molar-refractivity contribution in [2.24, 2.45) is 5.92 Å². The highest BCUT2D eigenvalue weighted by atomic mass is 19.1. The zero-order valence-electron chi connectivity index (χ0n) is 10.9. The minimum atomic E-state index is -0.888. The molecule has 0 aliphatic heterocycles. The summed E-state index contributed by atoms with van der Waals surface area (Å²) in [5.41, 5.74) is 0.338. The van der Waals surface area contributed by atoms with Crippen molar-refractivity contribution >= 4 is 17.7 Å². The number of nitrogens with one attached hydrogen (secondary N) is 2. The van der Waals surface area contributed by atoms with Gasteiger partial charge >= 0.3 is 12.0 Å². The van der Waals surface area contributed by atoms with E-state index in [2.05, 4.69) is 10.6 Å². The smallest absolute Gasteiger partial charge is 0.319 e. The van der Waals surface area contributed by atoms with Crippen molar-refractivity contribution in [3.8, 4) is 0 Å². The standard InChI is InChI=1S/C14H17FN2O3/c15-9-4-3-5-10(8-9)16-14(20)17-12-7-2-1-6-11(12)13(18)19/h3-5,8,11-12H,1-2,6-7H2,(H,18,19)(H2,16,17,20). The molecule has 1 aliphatic rings. The highest BCUT2D eigenvalue weighted by Crippen LogP contribution is 2.24. The number of halogens is 1. The molecule has 0 bridgehead atoms. The van der Waals surface area contributed by atoms with Gasteiger partial charge in [-0.3, -0.25) is 4.79 Å². The first-order valence-corrected chi connectivity index (χ1v) is 6.62. The van der Waals surface area contributed by atoms with Crippen LogP contribution in [0.15, 0.2) is 24.3 Å². The average molecular weight is 280 g/mol. The number of carboxylic acid groups (broad SMARTS) is 1. The highest BCUT2D eigenvalue weighted by molar-refractivity contribution is 5.89. The Morgan fingerprint density at radius 2 is 2.00 bits per heavy atom. The monoisotopic (exact) mass is 280 g/mol. The number of hydrogen-bond donors (Lipinski definition) is 3. The van der Waals surface area contributed by atoms with Crippen LogP contribution in [0.5, 0.6) is 0 Å². The fourth-order valence-electron chi connectivity index (χ4n) is 2.50. The second kappa shape index (κ2) is 6.36. The lowest BCUT2D eigenvalue weighted by Crippen LogP contribution is -2.46. The number of urea groups is 1. The third-order valence-corrected chi connectivity index (χ3v) is 3.48. The number of amides is 2. The molecule has 1 fully saturated rings. The van der Waals surface area contributed by atoms with E-state index in [1.165, 1.54) is 18.2 Å². The number of hydrogen-bond acceptors (Lipinski definition) is 2. The van der Waals surface area contributed by atoms with Crippen molar-refractivity contribution in [2.75, 3.05) is 5.32 Å². The van der Waals surface area contributed by atoms with Crippen molar-refractivity contribution in [1.29, 1.82) is 0 Å². The summed E-state index contributed by atoms with van der Waals surface area (Å²) in [6, 6.07) is 4.66. The fraction of sp³-hybridized carbons (Fsp3) is 0.429. The van der Waals surface area contributed by atoms with Gasteiger partial charge in [0, 0.05) is 11.7 Å². The number of rotatable bonds is 3. The number of benzene rings is 1. The molecule has 108 valence electrons. The third kappa shape index (κ3) is 3.69. The summed E-state index contributed by atoms with van der Waals surface area (Å²) >= 11 is 0. The molecule has 1 aromatic carbocycles. The van der Waals surface area contributed by atoms with Gasteiger partial charge in [-0.2, -0.15) is 0 Å². The van der Waals surface area contributed by atoms with Gasteiger partial charge in [-0.1, -0.05) is 18.9 Å². The zero-order valence-corrected chi connectivity index (χ0v) is 10.9. The first-order valence-electron chi connectivity index (χ1n) is 6.62. The first-order chi connectivity index (χ1) is 9.56. The summed E-state index contributed by atoms with van der Waals surface area (Å²) in [6.45, 7) is 0. The maximum atomic E-state index is 13.0. The molecule has 2 unspecified atom stereocenters. The number of anilines is 1. The van der Waals surface area contributed by atoms with Crippen LogP contribution < -0.4 is 10.6 Å². The molecule has 0 heterocycles. The van der Waals surface area contributed by atoms with Crippen LogP contribution in [0, 0.1) is 11.7 Å². The Balaban J connectivity index is 1.94. The van der Waals surface area contributed by atoms with Crippen LogP contribution in [-0.2, 0) is 4.79 Å². The van der Waals surface area contributed by atoms with E-state index >= 15 is 0 Å². The molecule has 6 heteroatoms. The number of carbonyl (C=O) groups is 2. The Bertz CT molecular complexity index is 507. The molecule has 1 aliphatic carbocycles. The number of carboxylic acids is 1. The molecular formula is C14H17FN2O3. The van der Waals surface area contributed by atoms with Gasteiger partial charge in [0.15, 0.2) is 0 Å². The van der Waals surface area contributed by atoms with Gasteiger partial charge in [-0.25, -0.2) is 9.18 Å². The van der Waals surface area contributed by atoms with E-state index in [0.717, 1.165) is 12.8 Å². The lowest BCUT2D eigenvalue weighted by atomic mass is 9.84. The quantitative estimate of drug-likeness (QED) is 0.796. The highest BCUT2D eigenvalue weighted by Gasteiger charge is 2.31. The Kier molecular flexibility index (Phi) is 4.55. The average Bonchev–Trinajstić information content (AvgIpc) is 2.38. The van der Waals surface area contributed by atoms with E-state index in [1.54, 1.807) is 6.07 Å². The van der Waals surface area contributed by atoms with Crippen LogP contribution in [0.4, 0.5) is 14.9 Å². The minimum Gasteiger partial charge on any atom is -0.481 e. The van der Waals surface area contributed by atoms with Gasteiger partial charge < -0.3 is 15.7 Å². The Labute approximate surface area is 116 Å². The van der Waals surface area contributed by atoms with Crippen LogP contribution in [0.2, 0.25) is 0 Å². The minimum absolute atomic E-state index is 0.338. The van der Waals surface area contributed by atoms with Crippen LogP contribution in [-0.4, -0.2) is 23.1 Å². The molecule has 3 N–H and O–H groups in total. The van der Waals surface area contributed by atoms with Crippen LogP contribution in [0.1, 0.15) is 25.7 Å². The molecule has 0 radical (unpaired) electrons. The molecule has 0 saturated heterocycles. The lowest BCUT2D eigenvalue weighted by Gasteiger charge is -2.29. The molecule has 0 aromatic heterocycles. The van der Waals surface area contributed by atoms with Crippen molar-refractivity contribution in [1.82, 2.24) is 5.32 Å². The largest absolute Gasteiger partial charge is 0.481 e. The van der Waals surface area contributed by atoms with E-state index < -0.39 is 23.7 Å². The van der Waals surface area contributed by atoms with Crippen molar-refractivity contribution in [3.05, 3.63) is 30.1 Å². The molecule has 5 nitrogen and oxygen atoms in total. The predicted molar refractivity (Wildman–Crippen MR) is 71.9 cm³/mol. The van der Waals surface area contributed by atoms with Gasteiger partial charge in [0.25, 0.3) is 0 Å². The van der Waals surface area contributed by atoms with Gasteiger partial charge in [-0.05, 0) is 31.0 Å². The Morgan fingerprint density at radius 3 is 2.70 bits per heavy atom. The summed E-state index contributed by atoms with van der Waals surface area (Å²) in [5.74, 6) is -1.88. The van der Waals surface area contributed by atoms with E-state index in [0.29, 0.717) is 18.5 Å². The van der Waals surface area contributed by atoms with Crippen LogP contribution >= 0.6 is 0 Å². The zero-order chi connectivity index (χ0) is 14.5. The maximum Gasteiger partial charge on any atom is 0.319 e. The molecule has 0 spiro atoms. The van der Waals surface area contributed by atoms with E-state index in [-0.39, 0.29) is 6.04 Å². The second-order valence-corrected chi connectivity index (χ2v) is 4.94. The van der Waals surface area contributed by atoms with Gasteiger partial charge in [-0.15, -0.1) is 0 Å². The molecule has 2 rings (SSSR count). The molecular weight excluding hydrogens is 263 g/mol. The molecule has 1 saturated carbocycles. The molecule has 1 aromatic rings. The molecule has 2 amide bonds. The summed E-state index contributed by atoms with van der Waals surface area (Å²) in [6.07, 6.45) is 2.98. The van der Waals surface area contributed by atoms with Crippen LogP contribution in [0.25, 0.3) is 0 Å². The summed E-state index contributed by atoms with van der Waals surface area (Å²) in [5, 5.41) is 14.3. The van der Waals surface area contributed by atoms with Crippen molar-refractivity contribution in [3.63, 3.8) is 0 Å². The topological polar surface area (TPSA) is 78.4 Å². The molecule has 2 atom stereocenters. The van der Waals surface area contributed by atoms with Gasteiger partial charge in [0.1, 0.15) is 5.82 Å². The first kappa shape index (κ1) is 14.3. The Hall–Kier alpha value is -2.11. The molecule has 20 heavy (non-hydrogen) atoms. The lowest BCUT2D eigenvalue weighted by molar-refractivity contribution is -0.143.